The van der Waals surface area contributed by atoms with Crippen LogP contribution in [0.1, 0.15) is 26.3 Å². The molecule has 0 saturated heterocycles. The summed E-state index contributed by atoms with van der Waals surface area (Å²) < 4.78 is 20.6. The van der Waals surface area contributed by atoms with Crippen LogP contribution < -0.4 is 0 Å². The highest BCUT2D eigenvalue weighted by Crippen LogP contribution is 2.11. The van der Waals surface area contributed by atoms with Crippen LogP contribution in [0.15, 0.2) is 34.7 Å². The molecule has 0 amide bonds. The van der Waals surface area contributed by atoms with Crippen molar-refractivity contribution in [2.75, 3.05) is 6.61 Å². The molecule has 4 heteroatoms. The third kappa shape index (κ3) is 5.75. The van der Waals surface area contributed by atoms with Gasteiger partial charge in [-0.25, -0.2) is 4.21 Å². The molecular weight excluding hydrogens is 234 g/mol. The monoisotopic (exact) mass is 253 g/mol. The lowest BCUT2D eigenvalue weighted by Gasteiger charge is -2.12. The number of nitrogens with zero attached hydrogens (tertiary/aromatic N) is 1. The fourth-order valence-electron chi connectivity index (χ4n) is 1.06. The standard InChI is InChI=1S/C13H19NO2S/c1-13(2,3)17(15)14-9-10-16-11-12-7-5-4-6-8-12/h4-9H,10-11H2,1-3H3/b14-9+. The summed E-state index contributed by atoms with van der Waals surface area (Å²) in [6.07, 6.45) is 1.57. The van der Waals surface area contributed by atoms with Crippen molar-refractivity contribution < 1.29 is 8.95 Å². The van der Waals surface area contributed by atoms with Gasteiger partial charge < -0.3 is 4.74 Å². The SMILES string of the molecule is CC(C)(C)S(=O)/N=C/COCc1ccccc1. The van der Waals surface area contributed by atoms with Crippen LogP contribution in [0.3, 0.4) is 0 Å². The number of hydrogen-bond acceptors (Lipinski definition) is 2. The molecule has 0 spiro atoms. The average Bonchev–Trinajstić information content (AvgIpc) is 2.28. The van der Waals surface area contributed by atoms with Crippen LogP contribution in [0, 0.1) is 0 Å². The van der Waals surface area contributed by atoms with Crippen molar-refractivity contribution in [1.82, 2.24) is 0 Å². The summed E-state index contributed by atoms with van der Waals surface area (Å²) in [6.45, 7) is 6.62. The molecule has 0 aliphatic heterocycles. The predicted octanol–water partition coefficient (Wildman–Crippen LogP) is 2.74. The summed E-state index contributed by atoms with van der Waals surface area (Å²) in [4.78, 5) is 0. The van der Waals surface area contributed by atoms with Gasteiger partial charge in [0.1, 0.15) is 11.0 Å². The van der Waals surface area contributed by atoms with E-state index in [1.54, 1.807) is 6.21 Å². The van der Waals surface area contributed by atoms with E-state index in [0.717, 1.165) is 5.56 Å². The maximum absolute atomic E-state index is 11.6. The molecule has 0 radical (unpaired) electrons. The second kappa shape index (κ2) is 6.67. The topological polar surface area (TPSA) is 38.7 Å². The summed E-state index contributed by atoms with van der Waals surface area (Å²) >= 11 is 0. The summed E-state index contributed by atoms with van der Waals surface area (Å²) in [7, 11) is -1.20. The molecule has 1 unspecified atom stereocenters. The Morgan fingerprint density at radius 1 is 1.29 bits per heavy atom. The lowest BCUT2D eigenvalue weighted by molar-refractivity contribution is 0.160. The zero-order valence-electron chi connectivity index (χ0n) is 10.6. The Balaban J connectivity index is 2.25. The van der Waals surface area contributed by atoms with E-state index in [0.29, 0.717) is 13.2 Å². The number of hydrogen-bond donors (Lipinski definition) is 0. The highest BCUT2D eigenvalue weighted by atomic mass is 32.2. The molecule has 94 valence electrons. The third-order valence-electron chi connectivity index (χ3n) is 2.00. The molecule has 0 heterocycles. The Bertz CT molecular complexity index is 382. The van der Waals surface area contributed by atoms with Crippen LogP contribution in [-0.2, 0) is 22.3 Å². The van der Waals surface area contributed by atoms with E-state index in [-0.39, 0.29) is 4.75 Å². The molecule has 1 aromatic rings. The quantitative estimate of drug-likeness (QED) is 0.598. The minimum Gasteiger partial charge on any atom is -0.371 e. The average molecular weight is 253 g/mol. The highest BCUT2D eigenvalue weighted by Gasteiger charge is 2.17. The van der Waals surface area contributed by atoms with Crippen LogP contribution in [-0.4, -0.2) is 21.8 Å². The minimum atomic E-state index is -1.20. The Morgan fingerprint density at radius 2 is 1.94 bits per heavy atom. The first-order chi connectivity index (χ1) is 8.00. The van der Waals surface area contributed by atoms with Gasteiger partial charge in [0, 0.05) is 6.21 Å². The highest BCUT2D eigenvalue weighted by molar-refractivity contribution is 7.85. The Kier molecular flexibility index (Phi) is 5.51. The van der Waals surface area contributed by atoms with E-state index in [9.17, 15) is 4.21 Å². The van der Waals surface area contributed by atoms with E-state index in [1.165, 1.54) is 0 Å². The number of ether oxygens (including phenoxy) is 1. The van der Waals surface area contributed by atoms with Gasteiger partial charge in [0.2, 0.25) is 0 Å². The van der Waals surface area contributed by atoms with Crippen molar-refractivity contribution in [3.8, 4) is 0 Å². The van der Waals surface area contributed by atoms with Gasteiger partial charge in [-0.1, -0.05) is 30.3 Å². The molecule has 0 N–H and O–H groups in total. The first kappa shape index (κ1) is 14.1. The second-order valence-corrected chi connectivity index (χ2v) is 6.58. The van der Waals surface area contributed by atoms with E-state index in [4.69, 9.17) is 4.74 Å². The molecule has 0 aliphatic carbocycles. The zero-order valence-corrected chi connectivity index (χ0v) is 11.4. The lowest BCUT2D eigenvalue weighted by atomic mass is 10.2. The summed E-state index contributed by atoms with van der Waals surface area (Å²) in [5.74, 6) is 0. The number of benzene rings is 1. The van der Waals surface area contributed by atoms with Crippen molar-refractivity contribution in [1.29, 1.82) is 0 Å². The van der Waals surface area contributed by atoms with Crippen molar-refractivity contribution in [3.63, 3.8) is 0 Å². The molecule has 0 bridgehead atoms. The van der Waals surface area contributed by atoms with Crippen molar-refractivity contribution >= 4 is 17.2 Å². The summed E-state index contributed by atoms with van der Waals surface area (Å²) in [5, 5.41) is 0. The molecule has 0 aliphatic rings. The van der Waals surface area contributed by atoms with Gasteiger partial charge in [-0.05, 0) is 26.3 Å². The Hall–Kier alpha value is -1.00. The fourth-order valence-corrected chi connectivity index (χ4v) is 1.57. The van der Waals surface area contributed by atoms with E-state index >= 15 is 0 Å². The first-order valence-corrected chi connectivity index (χ1v) is 6.67. The van der Waals surface area contributed by atoms with Gasteiger partial charge in [-0.3, -0.25) is 0 Å². The van der Waals surface area contributed by atoms with Gasteiger partial charge in [0.15, 0.2) is 0 Å². The smallest absolute Gasteiger partial charge is 0.144 e. The van der Waals surface area contributed by atoms with Crippen molar-refractivity contribution in [2.24, 2.45) is 4.40 Å². The molecule has 1 aromatic carbocycles. The second-order valence-electron chi connectivity index (χ2n) is 4.65. The lowest BCUT2D eigenvalue weighted by Crippen LogP contribution is -2.19. The molecule has 1 rings (SSSR count). The zero-order chi connectivity index (χ0) is 12.7. The molecule has 17 heavy (non-hydrogen) atoms. The third-order valence-corrected chi connectivity index (χ3v) is 3.39. The molecule has 3 nitrogen and oxygen atoms in total. The van der Waals surface area contributed by atoms with E-state index in [1.807, 2.05) is 51.1 Å². The normalized spacial score (nSPS) is 14.1. The maximum Gasteiger partial charge on any atom is 0.144 e. The summed E-state index contributed by atoms with van der Waals surface area (Å²) in [6, 6.07) is 9.93. The maximum atomic E-state index is 11.6. The molecule has 0 aromatic heterocycles. The van der Waals surface area contributed by atoms with Crippen LogP contribution in [0.4, 0.5) is 0 Å². The molecule has 0 fully saturated rings. The molecular formula is C13H19NO2S. The number of rotatable bonds is 5. The van der Waals surface area contributed by atoms with E-state index < -0.39 is 11.0 Å². The Morgan fingerprint density at radius 3 is 2.53 bits per heavy atom. The molecule has 0 saturated carbocycles. The predicted molar refractivity (Wildman–Crippen MR) is 72.5 cm³/mol. The summed E-state index contributed by atoms with van der Waals surface area (Å²) in [5.41, 5.74) is 1.12. The van der Waals surface area contributed by atoms with Gasteiger partial charge in [0.05, 0.1) is 18.0 Å². The first-order valence-electron chi connectivity index (χ1n) is 5.56. The minimum absolute atomic E-state index is 0.310. The van der Waals surface area contributed by atoms with Crippen LogP contribution in [0.5, 0.6) is 0 Å². The van der Waals surface area contributed by atoms with Crippen LogP contribution in [0.2, 0.25) is 0 Å². The Labute approximate surface area is 106 Å². The van der Waals surface area contributed by atoms with Crippen LogP contribution >= 0.6 is 0 Å². The fraction of sp³-hybridized carbons (Fsp3) is 0.462. The van der Waals surface area contributed by atoms with Crippen LogP contribution in [0.25, 0.3) is 0 Å². The van der Waals surface area contributed by atoms with Crippen molar-refractivity contribution in [2.45, 2.75) is 32.1 Å². The van der Waals surface area contributed by atoms with Gasteiger partial charge >= 0.3 is 0 Å². The van der Waals surface area contributed by atoms with E-state index in [2.05, 4.69) is 4.40 Å². The largest absolute Gasteiger partial charge is 0.371 e. The van der Waals surface area contributed by atoms with Gasteiger partial charge in [-0.2, -0.15) is 4.40 Å². The molecule has 1 atom stereocenters. The van der Waals surface area contributed by atoms with Crippen molar-refractivity contribution in [3.05, 3.63) is 35.9 Å². The van der Waals surface area contributed by atoms with Gasteiger partial charge in [0.25, 0.3) is 0 Å². The van der Waals surface area contributed by atoms with Gasteiger partial charge in [-0.15, -0.1) is 0 Å².